The SMILES string of the molecule is CC(C)(C)OC(=O)N1CCCCC1(CO)c1ccc(O)cc1. The highest BCUT2D eigenvalue weighted by atomic mass is 16.6. The van der Waals surface area contributed by atoms with Crippen LogP contribution in [0.4, 0.5) is 4.79 Å². The zero-order valence-corrected chi connectivity index (χ0v) is 13.5. The van der Waals surface area contributed by atoms with E-state index >= 15 is 0 Å². The van der Waals surface area contributed by atoms with Crippen molar-refractivity contribution in [3.8, 4) is 5.75 Å². The molecule has 5 heteroatoms. The van der Waals surface area contributed by atoms with Crippen molar-refractivity contribution in [3.63, 3.8) is 0 Å². The van der Waals surface area contributed by atoms with Crippen LogP contribution in [-0.4, -0.2) is 40.0 Å². The van der Waals surface area contributed by atoms with Gasteiger partial charge in [-0.25, -0.2) is 4.79 Å². The summed E-state index contributed by atoms with van der Waals surface area (Å²) in [5, 5.41) is 19.5. The molecule has 1 amide bonds. The van der Waals surface area contributed by atoms with Crippen LogP contribution in [-0.2, 0) is 10.3 Å². The molecular formula is C17H25NO4. The van der Waals surface area contributed by atoms with Crippen molar-refractivity contribution in [2.24, 2.45) is 0 Å². The minimum atomic E-state index is -0.783. The second kappa shape index (κ2) is 6.16. The van der Waals surface area contributed by atoms with Gasteiger partial charge in [0.25, 0.3) is 0 Å². The molecule has 1 fully saturated rings. The summed E-state index contributed by atoms with van der Waals surface area (Å²) in [7, 11) is 0. The lowest BCUT2D eigenvalue weighted by molar-refractivity contribution is -0.0363. The first-order valence-electron chi connectivity index (χ1n) is 7.69. The van der Waals surface area contributed by atoms with Crippen LogP contribution in [0.25, 0.3) is 0 Å². The maximum atomic E-state index is 12.6. The van der Waals surface area contributed by atoms with Crippen molar-refractivity contribution in [2.75, 3.05) is 13.2 Å². The third-order valence-electron chi connectivity index (χ3n) is 4.02. The summed E-state index contributed by atoms with van der Waals surface area (Å²) < 4.78 is 5.51. The minimum Gasteiger partial charge on any atom is -0.508 e. The summed E-state index contributed by atoms with van der Waals surface area (Å²) in [6.45, 7) is 5.87. The molecule has 2 N–H and O–H groups in total. The summed E-state index contributed by atoms with van der Waals surface area (Å²) >= 11 is 0. The molecule has 1 aromatic rings. The topological polar surface area (TPSA) is 70.0 Å². The van der Waals surface area contributed by atoms with Gasteiger partial charge >= 0.3 is 6.09 Å². The van der Waals surface area contributed by atoms with Gasteiger partial charge in [-0.2, -0.15) is 0 Å². The van der Waals surface area contributed by atoms with Crippen molar-refractivity contribution in [2.45, 2.75) is 51.2 Å². The molecule has 0 aliphatic carbocycles. The number of nitrogens with zero attached hydrogens (tertiary/aromatic N) is 1. The van der Waals surface area contributed by atoms with E-state index in [1.54, 1.807) is 29.2 Å². The highest BCUT2D eigenvalue weighted by Gasteiger charge is 2.44. The first-order chi connectivity index (χ1) is 10.3. The third-order valence-corrected chi connectivity index (χ3v) is 4.02. The van der Waals surface area contributed by atoms with Crippen LogP contribution in [0, 0.1) is 0 Å². The number of amides is 1. The van der Waals surface area contributed by atoms with Gasteiger partial charge in [-0.15, -0.1) is 0 Å². The third kappa shape index (κ3) is 3.35. The standard InChI is InChI=1S/C17H25NO4/c1-16(2,3)22-15(21)18-11-5-4-10-17(18,12-19)13-6-8-14(20)9-7-13/h6-9,19-20H,4-5,10-12H2,1-3H3. The summed E-state index contributed by atoms with van der Waals surface area (Å²) in [5.74, 6) is 0.163. The molecule has 0 aromatic heterocycles. The lowest BCUT2D eigenvalue weighted by Gasteiger charge is -2.46. The average molecular weight is 307 g/mol. The number of aliphatic hydroxyl groups excluding tert-OH is 1. The highest BCUT2D eigenvalue weighted by Crippen LogP contribution is 2.38. The molecule has 0 bridgehead atoms. The van der Waals surface area contributed by atoms with E-state index in [0.717, 1.165) is 18.4 Å². The molecule has 1 unspecified atom stereocenters. The highest BCUT2D eigenvalue weighted by molar-refractivity contribution is 5.70. The molecular weight excluding hydrogens is 282 g/mol. The van der Waals surface area contributed by atoms with Gasteiger partial charge in [0.15, 0.2) is 0 Å². The van der Waals surface area contributed by atoms with Crippen LogP contribution < -0.4 is 0 Å². The van der Waals surface area contributed by atoms with Crippen LogP contribution in [0.3, 0.4) is 0 Å². The Hall–Kier alpha value is -1.75. The number of phenols is 1. The van der Waals surface area contributed by atoms with E-state index in [4.69, 9.17) is 4.74 Å². The number of aromatic hydroxyl groups is 1. The number of carbonyl (C=O) groups is 1. The van der Waals surface area contributed by atoms with Crippen molar-refractivity contribution in [1.29, 1.82) is 0 Å². The van der Waals surface area contributed by atoms with Gasteiger partial charge in [-0.05, 0) is 57.7 Å². The maximum Gasteiger partial charge on any atom is 0.411 e. The molecule has 1 saturated heterocycles. The van der Waals surface area contributed by atoms with Crippen LogP contribution in [0.5, 0.6) is 5.75 Å². The Labute approximate surface area is 131 Å². The lowest BCUT2D eigenvalue weighted by Crippen LogP contribution is -2.55. The molecule has 0 radical (unpaired) electrons. The first-order valence-corrected chi connectivity index (χ1v) is 7.69. The second-order valence-corrected chi connectivity index (χ2v) is 6.83. The van der Waals surface area contributed by atoms with Gasteiger partial charge in [0.1, 0.15) is 11.4 Å². The smallest absolute Gasteiger partial charge is 0.411 e. The Morgan fingerprint density at radius 3 is 2.45 bits per heavy atom. The number of phenolic OH excluding ortho intramolecular Hbond substituents is 1. The fraction of sp³-hybridized carbons (Fsp3) is 0.588. The van der Waals surface area contributed by atoms with E-state index in [2.05, 4.69) is 0 Å². The number of rotatable bonds is 2. The molecule has 1 aliphatic heterocycles. The Morgan fingerprint density at radius 1 is 1.27 bits per heavy atom. The summed E-state index contributed by atoms with van der Waals surface area (Å²) in [5.41, 5.74) is -0.544. The van der Waals surface area contributed by atoms with Crippen molar-refractivity contribution in [1.82, 2.24) is 4.90 Å². The summed E-state index contributed by atoms with van der Waals surface area (Å²) in [6, 6.07) is 6.67. The number of likely N-dealkylation sites (tertiary alicyclic amines) is 1. The van der Waals surface area contributed by atoms with Gasteiger partial charge in [0.2, 0.25) is 0 Å². The molecule has 0 spiro atoms. The number of carbonyl (C=O) groups excluding carboxylic acids is 1. The van der Waals surface area contributed by atoms with Gasteiger partial charge in [-0.3, -0.25) is 4.90 Å². The van der Waals surface area contributed by atoms with Crippen LogP contribution in [0.2, 0.25) is 0 Å². The average Bonchev–Trinajstić information content (AvgIpc) is 2.46. The zero-order chi connectivity index (χ0) is 16.4. The molecule has 1 atom stereocenters. The van der Waals surface area contributed by atoms with Gasteiger partial charge in [0.05, 0.1) is 12.1 Å². The molecule has 1 aliphatic rings. The Kier molecular flexibility index (Phi) is 4.66. The molecule has 1 aromatic carbocycles. The van der Waals surface area contributed by atoms with Crippen LogP contribution in [0.1, 0.15) is 45.6 Å². The fourth-order valence-electron chi connectivity index (χ4n) is 2.95. The fourth-order valence-corrected chi connectivity index (χ4v) is 2.95. The number of aliphatic hydroxyl groups is 1. The number of hydrogen-bond acceptors (Lipinski definition) is 4. The van der Waals surface area contributed by atoms with E-state index in [-0.39, 0.29) is 12.4 Å². The van der Waals surface area contributed by atoms with E-state index in [9.17, 15) is 15.0 Å². The predicted octanol–water partition coefficient (Wildman–Crippen LogP) is 3.00. The molecule has 5 nitrogen and oxygen atoms in total. The normalized spacial score (nSPS) is 22.5. The Morgan fingerprint density at radius 2 is 1.91 bits per heavy atom. The quantitative estimate of drug-likeness (QED) is 0.881. The molecule has 1 heterocycles. The largest absolute Gasteiger partial charge is 0.508 e. The van der Waals surface area contributed by atoms with E-state index in [1.807, 2.05) is 20.8 Å². The zero-order valence-electron chi connectivity index (χ0n) is 13.5. The van der Waals surface area contributed by atoms with Gasteiger partial charge in [-0.1, -0.05) is 12.1 Å². The number of ether oxygens (including phenoxy) is 1. The van der Waals surface area contributed by atoms with E-state index < -0.39 is 17.2 Å². The number of hydrogen-bond donors (Lipinski definition) is 2. The van der Waals surface area contributed by atoms with Crippen molar-refractivity contribution in [3.05, 3.63) is 29.8 Å². The van der Waals surface area contributed by atoms with E-state index in [1.165, 1.54) is 0 Å². The first kappa shape index (κ1) is 16.6. The summed E-state index contributed by atoms with van der Waals surface area (Å²) in [4.78, 5) is 14.2. The van der Waals surface area contributed by atoms with Gasteiger partial charge in [0, 0.05) is 6.54 Å². The number of benzene rings is 1. The number of piperidine rings is 1. The van der Waals surface area contributed by atoms with Crippen LogP contribution >= 0.6 is 0 Å². The van der Waals surface area contributed by atoms with Crippen molar-refractivity contribution >= 4 is 6.09 Å². The summed E-state index contributed by atoms with van der Waals surface area (Å²) in [6.07, 6.45) is 2.09. The maximum absolute atomic E-state index is 12.6. The minimum absolute atomic E-state index is 0.163. The van der Waals surface area contributed by atoms with Crippen molar-refractivity contribution < 1.29 is 19.7 Å². The Balaban J connectivity index is 2.36. The monoisotopic (exact) mass is 307 g/mol. The van der Waals surface area contributed by atoms with E-state index in [0.29, 0.717) is 13.0 Å². The predicted molar refractivity (Wildman–Crippen MR) is 83.7 cm³/mol. The molecule has 2 rings (SSSR count). The van der Waals surface area contributed by atoms with Crippen LogP contribution in [0.15, 0.2) is 24.3 Å². The lowest BCUT2D eigenvalue weighted by atomic mass is 9.81. The molecule has 122 valence electrons. The Bertz CT molecular complexity index is 520. The molecule has 0 saturated carbocycles. The van der Waals surface area contributed by atoms with Gasteiger partial charge < -0.3 is 14.9 Å². The second-order valence-electron chi connectivity index (χ2n) is 6.83. The molecule has 22 heavy (non-hydrogen) atoms.